The van der Waals surface area contributed by atoms with Crippen molar-refractivity contribution in [3.05, 3.63) is 58.6 Å². The highest BCUT2D eigenvalue weighted by atomic mass is 16.6. The number of hydrogen-bond donors (Lipinski definition) is 0. The van der Waals surface area contributed by atoms with E-state index in [9.17, 15) is 19.7 Å². The number of amides is 2. The lowest BCUT2D eigenvalue weighted by Gasteiger charge is -2.17. The van der Waals surface area contributed by atoms with Gasteiger partial charge in [0.25, 0.3) is 5.69 Å². The highest BCUT2D eigenvalue weighted by Crippen LogP contribution is 2.31. The fourth-order valence-corrected chi connectivity index (χ4v) is 3.87. The molecule has 0 fully saturated rings. The molecule has 0 spiro atoms. The predicted octanol–water partition coefficient (Wildman–Crippen LogP) is 4.04. The molecule has 2 aromatic heterocycles. The van der Waals surface area contributed by atoms with Crippen LogP contribution in [0.15, 0.2) is 48.5 Å². The monoisotopic (exact) mass is 404 g/mol. The molecule has 2 heterocycles. The van der Waals surface area contributed by atoms with E-state index in [0.717, 1.165) is 21.9 Å². The average Bonchev–Trinajstić information content (AvgIpc) is 3.01. The number of hydrogen-bond acceptors (Lipinski definition) is 5. The van der Waals surface area contributed by atoms with Crippen LogP contribution in [0.5, 0.6) is 0 Å². The molecule has 0 saturated carbocycles. The molecule has 0 atom stereocenters. The lowest BCUT2D eigenvalue weighted by Crippen LogP contribution is -2.34. The number of rotatable bonds is 5. The number of carbonyl (C=O) groups is 2. The van der Waals surface area contributed by atoms with E-state index in [0.29, 0.717) is 30.4 Å². The van der Waals surface area contributed by atoms with E-state index < -0.39 is 4.92 Å². The van der Waals surface area contributed by atoms with Crippen LogP contribution in [0.25, 0.3) is 32.8 Å². The van der Waals surface area contributed by atoms with Crippen molar-refractivity contribution in [1.29, 1.82) is 0 Å². The number of carbonyl (C=O) groups excluding carboxylic acids is 2. The molecular weight excluding hydrogens is 384 g/mol. The molecule has 0 aliphatic rings. The molecule has 2 amide bonds. The van der Waals surface area contributed by atoms with Gasteiger partial charge in [-0.1, -0.05) is 18.2 Å². The fraction of sp³-hybridized carbons (Fsp3) is 0.227. The molecule has 0 N–H and O–H groups in total. The van der Waals surface area contributed by atoms with Crippen LogP contribution in [0, 0.1) is 10.1 Å². The molecule has 0 bridgehead atoms. The summed E-state index contributed by atoms with van der Waals surface area (Å²) in [7, 11) is 0. The second-order valence-electron chi connectivity index (χ2n) is 7.20. The fourth-order valence-electron chi connectivity index (χ4n) is 3.87. The Morgan fingerprint density at radius 3 is 2.50 bits per heavy atom. The van der Waals surface area contributed by atoms with Crippen molar-refractivity contribution in [3.63, 3.8) is 0 Å². The maximum atomic E-state index is 11.7. The van der Waals surface area contributed by atoms with Crippen LogP contribution in [0.4, 0.5) is 5.69 Å². The molecule has 30 heavy (non-hydrogen) atoms. The number of aromatic nitrogens is 2. The van der Waals surface area contributed by atoms with Gasteiger partial charge in [-0.15, -0.1) is 0 Å². The van der Waals surface area contributed by atoms with Crippen molar-refractivity contribution in [2.24, 2.45) is 0 Å². The molecule has 0 unspecified atom stereocenters. The minimum Gasteiger partial charge on any atom is -0.339 e. The summed E-state index contributed by atoms with van der Waals surface area (Å²) in [5.41, 5.74) is 3.38. The molecule has 0 saturated heterocycles. The zero-order valence-corrected chi connectivity index (χ0v) is 16.7. The molecule has 8 heteroatoms. The van der Waals surface area contributed by atoms with E-state index in [1.807, 2.05) is 30.3 Å². The number of imide groups is 1. The quantitative estimate of drug-likeness (QED) is 0.369. The summed E-state index contributed by atoms with van der Waals surface area (Å²) in [6.45, 7) is 3.66. The maximum absolute atomic E-state index is 11.7. The standard InChI is InChI=1S/C22H20N4O4/c1-14(27)24(15(2)28)10-5-11-25-20-7-4-3-6-18(20)22-21(25)13-16-12-17(26(29)30)8-9-19(16)23-22/h3-4,6-9,12-13H,5,10-11H2,1-2H3. The van der Waals surface area contributed by atoms with E-state index in [2.05, 4.69) is 4.57 Å². The molecule has 0 aliphatic heterocycles. The first-order valence-corrected chi connectivity index (χ1v) is 9.61. The van der Waals surface area contributed by atoms with Crippen molar-refractivity contribution >= 4 is 50.3 Å². The number of nitro benzene ring substituents is 1. The predicted molar refractivity (Wildman–Crippen MR) is 114 cm³/mol. The molecule has 4 rings (SSSR count). The Hall–Kier alpha value is -3.81. The lowest BCUT2D eigenvalue weighted by molar-refractivity contribution is -0.384. The molecule has 0 radical (unpaired) electrons. The zero-order valence-electron chi connectivity index (χ0n) is 16.7. The number of benzene rings is 2. The Morgan fingerprint density at radius 1 is 1.07 bits per heavy atom. The first-order chi connectivity index (χ1) is 14.4. The minimum atomic E-state index is -0.419. The van der Waals surface area contributed by atoms with Gasteiger partial charge < -0.3 is 4.57 Å². The van der Waals surface area contributed by atoms with Gasteiger partial charge in [0.05, 0.1) is 27.0 Å². The number of nitrogens with zero attached hydrogens (tertiary/aromatic N) is 4. The van der Waals surface area contributed by atoms with Gasteiger partial charge in [-0.05, 0) is 24.6 Å². The highest BCUT2D eigenvalue weighted by Gasteiger charge is 2.16. The van der Waals surface area contributed by atoms with Gasteiger partial charge in [-0.3, -0.25) is 24.6 Å². The molecule has 4 aromatic rings. The van der Waals surface area contributed by atoms with Crippen LogP contribution in [0.3, 0.4) is 0 Å². The second-order valence-corrected chi connectivity index (χ2v) is 7.20. The first-order valence-electron chi connectivity index (χ1n) is 9.61. The van der Waals surface area contributed by atoms with Crippen molar-refractivity contribution in [2.45, 2.75) is 26.8 Å². The summed E-state index contributed by atoms with van der Waals surface area (Å²) in [6.07, 6.45) is 0.583. The van der Waals surface area contributed by atoms with Crippen LogP contribution < -0.4 is 0 Å². The summed E-state index contributed by atoms with van der Waals surface area (Å²) in [5, 5.41) is 12.8. The molecule has 0 aliphatic carbocycles. The third-order valence-corrected chi connectivity index (χ3v) is 5.25. The molecule has 2 aromatic carbocycles. The van der Waals surface area contributed by atoms with Gasteiger partial charge in [-0.25, -0.2) is 4.98 Å². The zero-order chi connectivity index (χ0) is 21.4. The summed E-state index contributed by atoms with van der Waals surface area (Å²) < 4.78 is 2.09. The second kappa shape index (κ2) is 7.55. The SMILES string of the molecule is CC(=O)N(CCCn1c2ccccc2c2nc3ccc([N+](=O)[O-])cc3cc21)C(C)=O. The summed E-state index contributed by atoms with van der Waals surface area (Å²) in [5.74, 6) is -0.547. The van der Waals surface area contributed by atoms with E-state index in [1.54, 1.807) is 6.07 Å². The van der Waals surface area contributed by atoms with Gasteiger partial charge >= 0.3 is 0 Å². The number of nitro groups is 1. The number of fused-ring (bicyclic) bond motifs is 4. The Balaban J connectivity index is 1.81. The lowest BCUT2D eigenvalue weighted by atomic mass is 10.1. The summed E-state index contributed by atoms with van der Waals surface area (Å²) >= 11 is 0. The molecular formula is C22H20N4O4. The van der Waals surface area contributed by atoms with E-state index in [-0.39, 0.29) is 17.5 Å². The van der Waals surface area contributed by atoms with Gasteiger partial charge in [0.2, 0.25) is 11.8 Å². The first kappa shape index (κ1) is 19.5. The third-order valence-electron chi connectivity index (χ3n) is 5.25. The normalized spacial score (nSPS) is 11.3. The largest absolute Gasteiger partial charge is 0.339 e. The van der Waals surface area contributed by atoms with Gasteiger partial charge in [0.15, 0.2) is 0 Å². The van der Waals surface area contributed by atoms with Crippen molar-refractivity contribution in [1.82, 2.24) is 14.5 Å². The van der Waals surface area contributed by atoms with E-state index in [1.165, 1.54) is 30.9 Å². The van der Waals surface area contributed by atoms with E-state index in [4.69, 9.17) is 4.98 Å². The Morgan fingerprint density at radius 2 is 1.80 bits per heavy atom. The van der Waals surface area contributed by atoms with Crippen LogP contribution in [0.2, 0.25) is 0 Å². The summed E-state index contributed by atoms with van der Waals surface area (Å²) in [6, 6.07) is 14.4. The minimum absolute atomic E-state index is 0.0184. The van der Waals surface area contributed by atoms with E-state index >= 15 is 0 Å². The van der Waals surface area contributed by atoms with Crippen molar-refractivity contribution in [2.75, 3.05) is 6.54 Å². The Kier molecular flexibility index (Phi) is 4.91. The Labute approximate surface area is 171 Å². The number of aryl methyl sites for hydroxylation is 1. The topological polar surface area (TPSA) is 98.3 Å². The maximum Gasteiger partial charge on any atom is 0.270 e. The smallest absolute Gasteiger partial charge is 0.270 e. The van der Waals surface area contributed by atoms with Gasteiger partial charge in [0.1, 0.15) is 0 Å². The molecule has 152 valence electrons. The van der Waals surface area contributed by atoms with Gasteiger partial charge in [0, 0.05) is 49.8 Å². The van der Waals surface area contributed by atoms with Crippen molar-refractivity contribution < 1.29 is 14.5 Å². The van der Waals surface area contributed by atoms with Crippen LogP contribution in [0.1, 0.15) is 20.3 Å². The number of para-hydroxylation sites is 1. The highest BCUT2D eigenvalue weighted by molar-refractivity contribution is 6.09. The van der Waals surface area contributed by atoms with Crippen LogP contribution in [-0.4, -0.2) is 37.7 Å². The van der Waals surface area contributed by atoms with Crippen molar-refractivity contribution in [3.8, 4) is 0 Å². The van der Waals surface area contributed by atoms with Gasteiger partial charge in [-0.2, -0.15) is 0 Å². The van der Waals surface area contributed by atoms with Crippen LogP contribution in [-0.2, 0) is 16.1 Å². The molecule has 8 nitrogen and oxygen atoms in total. The Bertz CT molecular complexity index is 1310. The number of pyridine rings is 1. The average molecular weight is 404 g/mol. The summed E-state index contributed by atoms with van der Waals surface area (Å²) in [4.78, 5) is 40.1. The number of non-ortho nitro benzene ring substituents is 1. The third kappa shape index (κ3) is 3.36. The van der Waals surface area contributed by atoms with Crippen LogP contribution >= 0.6 is 0 Å².